The monoisotopic (exact) mass is 483 g/mol. The lowest BCUT2D eigenvalue weighted by atomic mass is 10.2. The molecule has 4 heterocycles. The van der Waals surface area contributed by atoms with E-state index in [0.717, 1.165) is 50.5 Å². The van der Waals surface area contributed by atoms with Crippen LogP contribution in [0.4, 0.5) is 10.6 Å². The van der Waals surface area contributed by atoms with Gasteiger partial charge in [0.1, 0.15) is 11.3 Å². The van der Waals surface area contributed by atoms with Gasteiger partial charge >= 0.3 is 6.09 Å². The molecule has 1 amide bonds. The van der Waals surface area contributed by atoms with Crippen LogP contribution in [0.5, 0.6) is 17.4 Å². The van der Waals surface area contributed by atoms with E-state index < -0.39 is 6.09 Å². The van der Waals surface area contributed by atoms with Crippen LogP contribution in [-0.2, 0) is 18.3 Å². The van der Waals surface area contributed by atoms with Crippen molar-refractivity contribution in [1.29, 1.82) is 0 Å². The second kappa shape index (κ2) is 10.3. The summed E-state index contributed by atoms with van der Waals surface area (Å²) in [6, 6.07) is 3.84. The lowest BCUT2D eigenvalue weighted by molar-refractivity contribution is 0.0357. The number of aryl methyl sites for hydroxylation is 1. The molecule has 0 unspecified atom stereocenters. The van der Waals surface area contributed by atoms with E-state index in [1.165, 1.54) is 6.20 Å². The average Bonchev–Trinajstić information content (AvgIpc) is 3.52. The number of anilines is 1. The van der Waals surface area contributed by atoms with Crippen molar-refractivity contribution in [3.8, 4) is 17.4 Å². The zero-order valence-corrected chi connectivity index (χ0v) is 19.9. The molecule has 186 valence electrons. The van der Waals surface area contributed by atoms with Gasteiger partial charge in [0.05, 0.1) is 39.5 Å². The summed E-state index contributed by atoms with van der Waals surface area (Å²) in [5.41, 5.74) is 0.790. The molecule has 12 heteroatoms. The average molecular weight is 484 g/mol. The molecule has 0 atom stereocenters. The smallest absolute Gasteiger partial charge is 0.443 e. The standard InChI is InChI=1S/C23H29N7O5/c1-28-15-24-14-18(28)35-23(31)27-22-26-19-16(21-25-6-8-30(21)22)4-5-17(20(19)32-2)34-11-3-7-29-9-12-33-13-10-29/h4-5,14-15,25H,3,6-13H2,1-2H3. The van der Waals surface area contributed by atoms with Crippen LogP contribution in [0, 0.1) is 0 Å². The third-order valence-electron chi connectivity index (χ3n) is 6.04. The summed E-state index contributed by atoms with van der Waals surface area (Å²) >= 11 is 0. The summed E-state index contributed by atoms with van der Waals surface area (Å²) in [7, 11) is 3.31. The molecule has 2 aliphatic heterocycles. The first kappa shape index (κ1) is 23.1. The van der Waals surface area contributed by atoms with Crippen molar-refractivity contribution < 1.29 is 23.7 Å². The third-order valence-corrected chi connectivity index (χ3v) is 6.04. The fourth-order valence-corrected chi connectivity index (χ4v) is 4.28. The van der Waals surface area contributed by atoms with E-state index in [-0.39, 0.29) is 5.62 Å². The minimum atomic E-state index is -0.781. The van der Waals surface area contributed by atoms with Gasteiger partial charge in [0.25, 0.3) is 0 Å². The molecule has 5 rings (SSSR count). The van der Waals surface area contributed by atoms with Gasteiger partial charge in [0.15, 0.2) is 11.5 Å². The Labute approximate surface area is 202 Å². The highest BCUT2D eigenvalue weighted by molar-refractivity contribution is 5.95. The molecule has 1 saturated heterocycles. The van der Waals surface area contributed by atoms with Crippen molar-refractivity contribution in [2.24, 2.45) is 12.0 Å². The molecule has 0 radical (unpaired) electrons. The van der Waals surface area contributed by atoms with Crippen LogP contribution in [0.1, 0.15) is 6.42 Å². The summed E-state index contributed by atoms with van der Waals surface area (Å²) in [4.78, 5) is 27.6. The van der Waals surface area contributed by atoms with E-state index >= 15 is 0 Å². The SMILES string of the molecule is COc1c(OCCCN2CCOCC2)ccc2c3n(c(=NC(=O)Oc4cncn4C)nc12)CCN3. The Morgan fingerprint density at radius 1 is 1.26 bits per heavy atom. The quantitative estimate of drug-likeness (QED) is 0.498. The second-order valence-corrected chi connectivity index (χ2v) is 8.31. The van der Waals surface area contributed by atoms with Gasteiger partial charge in [-0.1, -0.05) is 0 Å². The number of ether oxygens (including phenoxy) is 4. The first-order chi connectivity index (χ1) is 17.1. The van der Waals surface area contributed by atoms with Gasteiger partial charge in [-0.15, -0.1) is 4.99 Å². The van der Waals surface area contributed by atoms with Crippen molar-refractivity contribution in [3.63, 3.8) is 0 Å². The Kier molecular flexibility index (Phi) is 6.82. The molecular weight excluding hydrogens is 454 g/mol. The highest BCUT2D eigenvalue weighted by Crippen LogP contribution is 2.37. The number of fused-ring (bicyclic) bond motifs is 3. The summed E-state index contributed by atoms with van der Waals surface area (Å²) in [6.45, 7) is 6.29. The first-order valence-corrected chi connectivity index (χ1v) is 11.6. The zero-order chi connectivity index (χ0) is 24.2. The van der Waals surface area contributed by atoms with Crippen molar-refractivity contribution in [2.75, 3.05) is 58.4 Å². The molecule has 2 aliphatic rings. The van der Waals surface area contributed by atoms with E-state index in [9.17, 15) is 4.79 Å². The van der Waals surface area contributed by atoms with Gasteiger partial charge in [-0.2, -0.15) is 0 Å². The first-order valence-electron chi connectivity index (χ1n) is 11.6. The second-order valence-electron chi connectivity index (χ2n) is 8.31. The number of imidazole rings is 1. The molecule has 2 aromatic heterocycles. The Bertz CT molecular complexity index is 1280. The van der Waals surface area contributed by atoms with Crippen LogP contribution in [0.15, 0.2) is 29.6 Å². The maximum absolute atomic E-state index is 12.5. The molecule has 1 N–H and O–H groups in total. The molecule has 35 heavy (non-hydrogen) atoms. The van der Waals surface area contributed by atoms with E-state index in [2.05, 4.69) is 25.2 Å². The van der Waals surface area contributed by atoms with Crippen molar-refractivity contribution >= 4 is 22.8 Å². The van der Waals surface area contributed by atoms with E-state index in [4.69, 9.17) is 18.9 Å². The number of aromatic nitrogens is 4. The van der Waals surface area contributed by atoms with Crippen LogP contribution in [0.25, 0.3) is 10.9 Å². The summed E-state index contributed by atoms with van der Waals surface area (Å²) in [6.07, 6.45) is 3.10. The minimum Gasteiger partial charge on any atom is -0.491 e. The Hall–Kier alpha value is -3.64. The van der Waals surface area contributed by atoms with Gasteiger partial charge in [0, 0.05) is 45.2 Å². The lowest BCUT2D eigenvalue weighted by Crippen LogP contribution is -2.37. The molecule has 1 aromatic carbocycles. The number of hydrogen-bond donors (Lipinski definition) is 1. The number of rotatable bonds is 7. The lowest BCUT2D eigenvalue weighted by Gasteiger charge is -2.26. The minimum absolute atomic E-state index is 0.229. The van der Waals surface area contributed by atoms with Gasteiger partial charge in [-0.25, -0.2) is 14.8 Å². The number of nitrogens with zero attached hydrogens (tertiary/aromatic N) is 6. The van der Waals surface area contributed by atoms with Gasteiger partial charge in [-0.05, 0) is 18.6 Å². The number of hydrogen-bond acceptors (Lipinski definition) is 9. The Morgan fingerprint density at radius 3 is 2.89 bits per heavy atom. The Balaban J connectivity index is 1.41. The van der Waals surface area contributed by atoms with E-state index in [1.807, 2.05) is 16.7 Å². The van der Waals surface area contributed by atoms with Gasteiger partial charge in [-0.3, -0.25) is 9.47 Å². The maximum atomic E-state index is 12.5. The topological polar surface area (TPSA) is 117 Å². The van der Waals surface area contributed by atoms with E-state index in [1.54, 1.807) is 25.1 Å². The highest BCUT2D eigenvalue weighted by Gasteiger charge is 2.21. The molecule has 0 spiro atoms. The molecule has 0 saturated carbocycles. The number of methoxy groups -OCH3 is 1. The number of carbonyl (C=O) groups excluding carboxylic acids is 1. The molecule has 3 aromatic rings. The van der Waals surface area contributed by atoms with Crippen LogP contribution in [0.2, 0.25) is 0 Å². The van der Waals surface area contributed by atoms with Crippen LogP contribution in [0.3, 0.4) is 0 Å². The predicted octanol–water partition coefficient (Wildman–Crippen LogP) is 1.40. The van der Waals surface area contributed by atoms with Crippen molar-refractivity contribution in [2.45, 2.75) is 13.0 Å². The van der Waals surface area contributed by atoms with Crippen molar-refractivity contribution in [3.05, 3.63) is 30.3 Å². The van der Waals surface area contributed by atoms with E-state index in [0.29, 0.717) is 42.6 Å². The molecular formula is C23H29N7O5. The Morgan fingerprint density at radius 2 is 2.11 bits per heavy atom. The van der Waals surface area contributed by atoms with Crippen LogP contribution in [-0.4, -0.2) is 83.2 Å². The fourth-order valence-electron chi connectivity index (χ4n) is 4.28. The summed E-state index contributed by atoms with van der Waals surface area (Å²) in [5, 5.41) is 4.22. The molecule has 0 bridgehead atoms. The number of morpholine rings is 1. The summed E-state index contributed by atoms with van der Waals surface area (Å²) < 4.78 is 25.9. The number of benzene rings is 1. The molecule has 0 aliphatic carbocycles. The number of amides is 1. The third kappa shape index (κ3) is 4.93. The molecule has 12 nitrogen and oxygen atoms in total. The van der Waals surface area contributed by atoms with Gasteiger partial charge in [0.2, 0.25) is 11.5 Å². The largest absolute Gasteiger partial charge is 0.491 e. The predicted molar refractivity (Wildman–Crippen MR) is 127 cm³/mol. The number of carbonyl (C=O) groups is 1. The van der Waals surface area contributed by atoms with Crippen molar-refractivity contribution in [1.82, 2.24) is 24.0 Å². The van der Waals surface area contributed by atoms with Crippen LogP contribution >= 0.6 is 0 Å². The maximum Gasteiger partial charge on any atom is 0.443 e. The van der Waals surface area contributed by atoms with Crippen LogP contribution < -0.4 is 25.1 Å². The highest BCUT2D eigenvalue weighted by atomic mass is 16.6. The molecule has 1 fully saturated rings. The zero-order valence-electron chi connectivity index (χ0n) is 19.9. The van der Waals surface area contributed by atoms with Gasteiger partial charge < -0.3 is 28.8 Å². The normalized spacial score (nSPS) is 16.2. The fraction of sp³-hybridized carbons (Fsp3) is 0.478. The number of nitrogens with one attached hydrogen (secondary N) is 1. The summed E-state index contributed by atoms with van der Waals surface area (Å²) in [5.74, 6) is 2.21.